The minimum Gasteiger partial charge on any atom is -0.494 e. The van der Waals surface area contributed by atoms with Gasteiger partial charge < -0.3 is 14.6 Å². The van der Waals surface area contributed by atoms with Gasteiger partial charge in [0, 0.05) is 45.5 Å². The lowest BCUT2D eigenvalue weighted by Gasteiger charge is -2.27. The molecule has 3 aromatic rings. The van der Waals surface area contributed by atoms with Crippen LogP contribution in [0.3, 0.4) is 0 Å². The van der Waals surface area contributed by atoms with E-state index in [9.17, 15) is 4.79 Å². The molecule has 4 nitrogen and oxygen atoms in total. The van der Waals surface area contributed by atoms with Gasteiger partial charge >= 0.3 is 0 Å². The number of thioether (sulfide) groups is 1. The van der Waals surface area contributed by atoms with Crippen molar-refractivity contribution in [3.05, 3.63) is 58.2 Å². The Hall–Kier alpha value is -1.92. The molecular weight excluding hydrogens is 424 g/mol. The Bertz CT molecular complexity index is 968. The van der Waals surface area contributed by atoms with E-state index >= 15 is 0 Å². The van der Waals surface area contributed by atoms with Gasteiger partial charge in [0.25, 0.3) is 0 Å². The maximum Gasteiger partial charge on any atom is 0.233 e. The number of aromatic nitrogens is 1. The minimum atomic E-state index is 0.184. The molecule has 0 saturated heterocycles. The molecule has 140 valence electrons. The van der Waals surface area contributed by atoms with Crippen LogP contribution in [0.1, 0.15) is 18.2 Å². The van der Waals surface area contributed by atoms with Gasteiger partial charge in [-0.2, -0.15) is 0 Å². The number of hydrogen-bond acceptors (Lipinski definition) is 3. The third-order valence-electron chi connectivity index (χ3n) is 4.81. The Balaban J connectivity index is 1.42. The quantitative estimate of drug-likeness (QED) is 0.562. The number of hydrogen-bond donors (Lipinski definition) is 1. The van der Waals surface area contributed by atoms with Crippen LogP contribution in [-0.4, -0.2) is 34.7 Å². The van der Waals surface area contributed by atoms with Crippen LogP contribution in [0.25, 0.3) is 10.9 Å². The second-order valence-corrected chi connectivity index (χ2v) is 8.41. The number of halogens is 1. The number of para-hydroxylation sites is 1. The smallest absolute Gasteiger partial charge is 0.233 e. The molecule has 4 rings (SSSR count). The first-order chi connectivity index (χ1) is 13.2. The zero-order valence-electron chi connectivity index (χ0n) is 15.1. The molecule has 0 bridgehead atoms. The summed E-state index contributed by atoms with van der Waals surface area (Å²) >= 11 is 5.18. The predicted octanol–water partition coefficient (Wildman–Crippen LogP) is 5.01. The summed E-state index contributed by atoms with van der Waals surface area (Å²) in [5.41, 5.74) is 3.62. The van der Waals surface area contributed by atoms with Crippen molar-refractivity contribution in [2.75, 3.05) is 18.9 Å². The van der Waals surface area contributed by atoms with Gasteiger partial charge in [0.1, 0.15) is 5.75 Å². The molecule has 1 amide bonds. The van der Waals surface area contributed by atoms with E-state index in [-0.39, 0.29) is 5.91 Å². The van der Waals surface area contributed by atoms with Gasteiger partial charge in [0.05, 0.1) is 17.9 Å². The first-order valence-electron chi connectivity index (χ1n) is 9.07. The average molecular weight is 445 g/mol. The Morgan fingerprint density at radius 3 is 2.85 bits per heavy atom. The lowest BCUT2D eigenvalue weighted by atomic mass is 10.0. The largest absolute Gasteiger partial charge is 0.494 e. The molecule has 0 atom stereocenters. The summed E-state index contributed by atoms with van der Waals surface area (Å²) in [6, 6.07) is 14.1. The van der Waals surface area contributed by atoms with Crippen molar-refractivity contribution in [3.8, 4) is 5.75 Å². The number of carbonyl (C=O) groups excluding carboxylic acids is 1. The Labute approximate surface area is 171 Å². The number of nitrogens with one attached hydrogen (secondary N) is 1. The average Bonchev–Trinajstić information content (AvgIpc) is 3.07. The lowest BCUT2D eigenvalue weighted by Crippen LogP contribution is -2.36. The third kappa shape index (κ3) is 3.87. The third-order valence-corrected chi connectivity index (χ3v) is 6.47. The zero-order valence-corrected chi connectivity index (χ0v) is 17.5. The second kappa shape index (κ2) is 7.98. The van der Waals surface area contributed by atoms with Crippen molar-refractivity contribution < 1.29 is 9.53 Å². The monoisotopic (exact) mass is 444 g/mol. The van der Waals surface area contributed by atoms with E-state index in [4.69, 9.17) is 4.74 Å². The van der Waals surface area contributed by atoms with Crippen LogP contribution >= 0.6 is 27.7 Å². The van der Waals surface area contributed by atoms with Gasteiger partial charge in [-0.1, -0.05) is 12.1 Å². The van der Waals surface area contributed by atoms with Crippen LogP contribution < -0.4 is 4.74 Å². The molecular formula is C21H21BrN2O2S. The fraction of sp³-hybridized carbons (Fsp3) is 0.286. The molecule has 1 aromatic heterocycles. The Morgan fingerprint density at radius 1 is 1.26 bits per heavy atom. The van der Waals surface area contributed by atoms with Crippen molar-refractivity contribution in [2.24, 2.45) is 0 Å². The molecule has 0 unspecified atom stereocenters. The molecule has 1 aliphatic rings. The molecule has 0 radical (unpaired) electrons. The number of benzene rings is 2. The first kappa shape index (κ1) is 18.4. The topological polar surface area (TPSA) is 45.3 Å². The fourth-order valence-electron chi connectivity index (χ4n) is 3.45. The molecule has 6 heteroatoms. The highest BCUT2D eigenvalue weighted by atomic mass is 79.9. The summed E-state index contributed by atoms with van der Waals surface area (Å²) in [6.07, 6.45) is 0.871. The van der Waals surface area contributed by atoms with Crippen LogP contribution in [0.15, 0.2) is 51.8 Å². The summed E-state index contributed by atoms with van der Waals surface area (Å²) < 4.78 is 6.53. The second-order valence-electron chi connectivity index (χ2n) is 6.50. The van der Waals surface area contributed by atoms with Gasteiger partial charge in [-0.3, -0.25) is 4.79 Å². The standard InChI is InChI=1S/C21H21BrN2O2S/c1-2-26-14-6-8-15(9-7-14)27-13-20(25)24-11-10-19-17(12-24)16-4-3-5-18(22)21(16)23-19/h3-9,23H,2,10-13H2,1H3. The molecule has 0 saturated carbocycles. The Kier molecular flexibility index (Phi) is 5.45. The Morgan fingerprint density at radius 2 is 2.07 bits per heavy atom. The number of aromatic amines is 1. The molecule has 1 aliphatic heterocycles. The zero-order chi connectivity index (χ0) is 18.8. The van der Waals surface area contributed by atoms with Gasteiger partial charge in [-0.05, 0) is 53.2 Å². The number of ether oxygens (including phenoxy) is 1. The van der Waals surface area contributed by atoms with Gasteiger partial charge in [0.15, 0.2) is 0 Å². The molecule has 0 fully saturated rings. The van der Waals surface area contributed by atoms with Crippen LogP contribution in [0, 0.1) is 0 Å². The van der Waals surface area contributed by atoms with Gasteiger partial charge in [-0.25, -0.2) is 0 Å². The number of carbonyl (C=O) groups is 1. The SMILES string of the molecule is CCOc1ccc(SCC(=O)N2CCc3[nH]c4c(Br)cccc4c3C2)cc1. The fourth-order valence-corrected chi connectivity index (χ4v) is 4.72. The molecule has 2 heterocycles. The summed E-state index contributed by atoms with van der Waals surface area (Å²) in [5.74, 6) is 1.50. The highest BCUT2D eigenvalue weighted by Crippen LogP contribution is 2.32. The number of amides is 1. The predicted molar refractivity (Wildman–Crippen MR) is 113 cm³/mol. The summed E-state index contributed by atoms with van der Waals surface area (Å²) in [4.78, 5) is 19.3. The van der Waals surface area contributed by atoms with Crippen molar-refractivity contribution >= 4 is 44.5 Å². The maximum atomic E-state index is 12.7. The lowest BCUT2D eigenvalue weighted by molar-refractivity contribution is -0.129. The maximum absolute atomic E-state index is 12.7. The number of H-pyrrole nitrogens is 1. The molecule has 1 N–H and O–H groups in total. The minimum absolute atomic E-state index is 0.184. The van der Waals surface area contributed by atoms with Crippen LogP contribution in [0.4, 0.5) is 0 Å². The van der Waals surface area contributed by atoms with Crippen LogP contribution in [-0.2, 0) is 17.8 Å². The number of rotatable bonds is 5. The van der Waals surface area contributed by atoms with E-state index in [1.165, 1.54) is 16.6 Å². The van der Waals surface area contributed by atoms with Gasteiger partial charge in [0.2, 0.25) is 5.91 Å². The highest BCUT2D eigenvalue weighted by molar-refractivity contribution is 9.10. The summed E-state index contributed by atoms with van der Waals surface area (Å²) in [6.45, 7) is 4.07. The van der Waals surface area contributed by atoms with Crippen LogP contribution in [0.2, 0.25) is 0 Å². The van der Waals surface area contributed by atoms with Crippen molar-refractivity contribution in [3.63, 3.8) is 0 Å². The summed E-state index contributed by atoms with van der Waals surface area (Å²) in [7, 11) is 0. The van der Waals surface area contributed by atoms with E-state index < -0.39 is 0 Å². The highest BCUT2D eigenvalue weighted by Gasteiger charge is 2.24. The van der Waals surface area contributed by atoms with Gasteiger partial charge in [-0.15, -0.1) is 11.8 Å². The summed E-state index contributed by atoms with van der Waals surface area (Å²) in [5, 5.41) is 1.20. The van der Waals surface area contributed by atoms with Crippen molar-refractivity contribution in [1.29, 1.82) is 0 Å². The number of nitrogens with zero attached hydrogens (tertiary/aromatic N) is 1. The van der Waals surface area contributed by atoms with E-state index in [1.807, 2.05) is 48.2 Å². The molecule has 0 aliphatic carbocycles. The number of fused-ring (bicyclic) bond motifs is 3. The first-order valence-corrected chi connectivity index (χ1v) is 10.8. The van der Waals surface area contributed by atoms with E-state index in [1.54, 1.807) is 11.8 Å². The molecule has 0 spiro atoms. The van der Waals surface area contributed by atoms with Crippen molar-refractivity contribution in [1.82, 2.24) is 9.88 Å². The van der Waals surface area contributed by atoms with E-state index in [0.717, 1.165) is 33.6 Å². The molecule has 27 heavy (non-hydrogen) atoms. The van der Waals surface area contributed by atoms with Crippen molar-refractivity contribution in [2.45, 2.75) is 24.8 Å². The van der Waals surface area contributed by atoms with E-state index in [0.29, 0.717) is 18.9 Å². The van der Waals surface area contributed by atoms with Crippen LogP contribution in [0.5, 0.6) is 5.75 Å². The normalized spacial score (nSPS) is 13.6. The van der Waals surface area contributed by atoms with E-state index in [2.05, 4.69) is 27.0 Å². The molecule has 2 aromatic carbocycles.